The zero-order valence-electron chi connectivity index (χ0n) is 17.3. The molecule has 2 aromatic carbocycles. The maximum Gasteiger partial charge on any atom is 0.134 e. The minimum Gasteiger partial charge on any atom is -0.308 e. The molecule has 0 radical (unpaired) electrons. The van der Waals surface area contributed by atoms with E-state index in [0.717, 1.165) is 42.0 Å². The number of pyridine rings is 1. The normalized spacial score (nSPS) is 11.5. The predicted octanol–water partition coefficient (Wildman–Crippen LogP) is 4.03. The van der Waals surface area contributed by atoms with Crippen LogP contribution < -0.4 is 0 Å². The van der Waals surface area contributed by atoms with Crippen LogP contribution in [0.3, 0.4) is 0 Å². The smallest absolute Gasteiger partial charge is 0.134 e. The Kier molecular flexibility index (Phi) is 6.55. The minimum absolute atomic E-state index is 0.180. The summed E-state index contributed by atoms with van der Waals surface area (Å²) in [5, 5.41) is 1.20. The molecule has 0 atom stereocenters. The summed E-state index contributed by atoms with van der Waals surface area (Å²) in [5.74, 6) is 0.180. The number of rotatable bonds is 8. The lowest BCUT2D eigenvalue weighted by atomic mass is 10.0. The van der Waals surface area contributed by atoms with Crippen LogP contribution >= 0.6 is 0 Å². The molecule has 4 heteroatoms. The van der Waals surface area contributed by atoms with E-state index in [1.54, 1.807) is 6.92 Å². The molecule has 0 aliphatic heterocycles. The van der Waals surface area contributed by atoms with Crippen LogP contribution in [0.15, 0.2) is 54.6 Å². The van der Waals surface area contributed by atoms with Crippen molar-refractivity contribution in [3.8, 4) is 11.3 Å². The first-order chi connectivity index (χ1) is 13.4. The van der Waals surface area contributed by atoms with Crippen molar-refractivity contribution in [2.45, 2.75) is 19.9 Å². The second-order valence-electron chi connectivity index (χ2n) is 7.80. The number of ketones is 1. The summed E-state index contributed by atoms with van der Waals surface area (Å²) in [5.41, 5.74) is 5.40. The summed E-state index contributed by atoms with van der Waals surface area (Å²) < 4.78 is 0. The molecule has 0 bridgehead atoms. The highest BCUT2D eigenvalue weighted by molar-refractivity contribution is 5.85. The number of para-hydroxylation sites is 1. The second kappa shape index (κ2) is 9.09. The molecule has 0 aliphatic carbocycles. The summed E-state index contributed by atoms with van der Waals surface area (Å²) >= 11 is 0. The van der Waals surface area contributed by atoms with Crippen molar-refractivity contribution < 1.29 is 4.79 Å². The third-order valence-corrected chi connectivity index (χ3v) is 4.87. The maximum absolute atomic E-state index is 11.3. The molecule has 0 spiro atoms. The van der Waals surface area contributed by atoms with Gasteiger partial charge in [0, 0.05) is 37.0 Å². The average Bonchev–Trinajstić information content (AvgIpc) is 2.66. The van der Waals surface area contributed by atoms with Crippen molar-refractivity contribution in [1.82, 2.24) is 14.8 Å². The first kappa shape index (κ1) is 20.2. The summed E-state index contributed by atoms with van der Waals surface area (Å²) in [6.45, 7) is 4.55. The number of fused-ring (bicyclic) bond motifs is 1. The number of benzene rings is 2. The molecule has 28 heavy (non-hydrogen) atoms. The van der Waals surface area contributed by atoms with Crippen LogP contribution in [-0.2, 0) is 17.8 Å². The van der Waals surface area contributed by atoms with E-state index in [0.29, 0.717) is 6.42 Å². The zero-order valence-corrected chi connectivity index (χ0v) is 17.3. The molecular formula is C24H29N3O. The molecule has 1 aromatic heterocycles. The SMILES string of the molecule is CC(=O)Cc1ccc(-c2cc(CN(C)CCN(C)C)c3ccccc3n2)cc1. The number of likely N-dealkylation sites (N-methyl/N-ethyl adjacent to an activating group) is 2. The van der Waals surface area contributed by atoms with Crippen molar-refractivity contribution >= 4 is 16.7 Å². The fourth-order valence-electron chi connectivity index (χ4n) is 3.35. The maximum atomic E-state index is 11.3. The van der Waals surface area contributed by atoms with Gasteiger partial charge >= 0.3 is 0 Å². The minimum atomic E-state index is 0.180. The van der Waals surface area contributed by atoms with E-state index in [9.17, 15) is 4.79 Å². The highest BCUT2D eigenvalue weighted by atomic mass is 16.1. The van der Waals surface area contributed by atoms with Crippen molar-refractivity contribution in [3.05, 3.63) is 65.7 Å². The van der Waals surface area contributed by atoms with Gasteiger partial charge in [0.1, 0.15) is 5.78 Å². The van der Waals surface area contributed by atoms with Crippen molar-refractivity contribution in [1.29, 1.82) is 0 Å². The number of hydrogen-bond acceptors (Lipinski definition) is 4. The van der Waals surface area contributed by atoms with E-state index < -0.39 is 0 Å². The molecule has 146 valence electrons. The third-order valence-electron chi connectivity index (χ3n) is 4.87. The Morgan fingerprint density at radius 1 is 0.964 bits per heavy atom. The molecule has 4 nitrogen and oxygen atoms in total. The highest BCUT2D eigenvalue weighted by Crippen LogP contribution is 2.26. The Labute approximate surface area is 167 Å². The number of hydrogen-bond donors (Lipinski definition) is 0. The average molecular weight is 376 g/mol. The molecule has 3 aromatic rings. The van der Waals surface area contributed by atoms with Gasteiger partial charge in [-0.05, 0) is 51.3 Å². The van der Waals surface area contributed by atoms with Gasteiger partial charge in [-0.3, -0.25) is 4.79 Å². The number of carbonyl (C=O) groups excluding carboxylic acids is 1. The summed E-state index contributed by atoms with van der Waals surface area (Å²) in [7, 11) is 6.36. The van der Waals surface area contributed by atoms with E-state index in [1.165, 1.54) is 10.9 Å². The van der Waals surface area contributed by atoms with E-state index in [-0.39, 0.29) is 5.78 Å². The Morgan fingerprint density at radius 2 is 1.68 bits per heavy atom. The van der Waals surface area contributed by atoms with Crippen LogP contribution in [0.4, 0.5) is 0 Å². The van der Waals surface area contributed by atoms with Gasteiger partial charge in [0.15, 0.2) is 0 Å². The Morgan fingerprint density at radius 3 is 2.36 bits per heavy atom. The Balaban J connectivity index is 1.92. The lowest BCUT2D eigenvalue weighted by Gasteiger charge is -2.20. The fourth-order valence-corrected chi connectivity index (χ4v) is 3.35. The number of carbonyl (C=O) groups is 1. The van der Waals surface area contributed by atoms with Gasteiger partial charge in [-0.2, -0.15) is 0 Å². The quantitative estimate of drug-likeness (QED) is 0.596. The van der Waals surface area contributed by atoms with E-state index in [2.05, 4.69) is 67.3 Å². The van der Waals surface area contributed by atoms with Crippen molar-refractivity contribution in [3.63, 3.8) is 0 Å². The first-order valence-corrected chi connectivity index (χ1v) is 9.73. The molecule has 0 aliphatic rings. The van der Waals surface area contributed by atoms with Crippen LogP contribution in [0.2, 0.25) is 0 Å². The van der Waals surface area contributed by atoms with Crippen LogP contribution in [0.25, 0.3) is 22.2 Å². The lowest BCUT2D eigenvalue weighted by Crippen LogP contribution is -2.28. The van der Waals surface area contributed by atoms with Gasteiger partial charge in [0.2, 0.25) is 0 Å². The molecular weight excluding hydrogens is 346 g/mol. The topological polar surface area (TPSA) is 36.4 Å². The predicted molar refractivity (Wildman–Crippen MR) is 116 cm³/mol. The lowest BCUT2D eigenvalue weighted by molar-refractivity contribution is -0.116. The first-order valence-electron chi connectivity index (χ1n) is 9.73. The van der Waals surface area contributed by atoms with Crippen LogP contribution in [0, 0.1) is 0 Å². The largest absolute Gasteiger partial charge is 0.308 e. The van der Waals surface area contributed by atoms with Gasteiger partial charge in [-0.25, -0.2) is 4.98 Å². The highest BCUT2D eigenvalue weighted by Gasteiger charge is 2.10. The molecule has 3 rings (SSSR count). The van der Waals surface area contributed by atoms with Gasteiger partial charge in [0.25, 0.3) is 0 Å². The van der Waals surface area contributed by atoms with E-state index in [4.69, 9.17) is 4.98 Å². The van der Waals surface area contributed by atoms with Crippen LogP contribution in [0.1, 0.15) is 18.1 Å². The van der Waals surface area contributed by atoms with Crippen molar-refractivity contribution in [2.75, 3.05) is 34.2 Å². The standard InChI is InChI=1S/C24H29N3O/c1-18(28)15-19-9-11-20(12-10-19)24-16-21(17-27(4)14-13-26(2)3)22-7-5-6-8-23(22)25-24/h5-12,16H,13-15,17H2,1-4H3. The van der Waals surface area contributed by atoms with Gasteiger partial charge in [-0.15, -0.1) is 0 Å². The zero-order chi connectivity index (χ0) is 20.1. The molecule has 0 N–H and O–H groups in total. The summed E-state index contributed by atoms with van der Waals surface area (Å²) in [6.07, 6.45) is 0.480. The molecule has 0 saturated carbocycles. The summed E-state index contributed by atoms with van der Waals surface area (Å²) in [4.78, 5) is 20.8. The number of aromatic nitrogens is 1. The Hall–Kier alpha value is -2.56. The van der Waals surface area contributed by atoms with E-state index >= 15 is 0 Å². The van der Waals surface area contributed by atoms with Gasteiger partial charge in [0.05, 0.1) is 11.2 Å². The third kappa shape index (κ3) is 5.24. The molecule has 0 amide bonds. The van der Waals surface area contributed by atoms with Gasteiger partial charge in [-0.1, -0.05) is 42.5 Å². The molecule has 1 heterocycles. The fraction of sp³-hybridized carbons (Fsp3) is 0.333. The molecule has 0 saturated heterocycles. The summed E-state index contributed by atoms with van der Waals surface area (Å²) in [6, 6.07) is 18.7. The van der Waals surface area contributed by atoms with Crippen LogP contribution in [0.5, 0.6) is 0 Å². The number of nitrogens with zero attached hydrogens (tertiary/aromatic N) is 3. The van der Waals surface area contributed by atoms with Crippen molar-refractivity contribution in [2.24, 2.45) is 0 Å². The molecule has 0 fully saturated rings. The number of Topliss-reactive ketones (excluding diaryl/α,β-unsaturated/α-hetero) is 1. The monoisotopic (exact) mass is 375 g/mol. The van der Waals surface area contributed by atoms with E-state index in [1.807, 2.05) is 18.2 Å². The Bertz CT molecular complexity index is 948. The second-order valence-corrected chi connectivity index (χ2v) is 7.80. The van der Waals surface area contributed by atoms with Gasteiger partial charge < -0.3 is 9.80 Å². The molecule has 0 unspecified atom stereocenters. The van der Waals surface area contributed by atoms with Crippen LogP contribution in [-0.4, -0.2) is 54.8 Å².